The van der Waals surface area contributed by atoms with Gasteiger partial charge in [0.25, 0.3) is 0 Å². The molecule has 0 N–H and O–H groups in total. The quantitative estimate of drug-likeness (QED) is 0.433. The second-order valence-electron chi connectivity index (χ2n) is 7.43. The van der Waals surface area contributed by atoms with Crippen molar-refractivity contribution in [3.63, 3.8) is 0 Å². The zero-order chi connectivity index (χ0) is 20.3. The summed E-state index contributed by atoms with van der Waals surface area (Å²) in [6.45, 7) is 4.16. The van der Waals surface area contributed by atoms with Crippen LogP contribution in [0.5, 0.6) is 0 Å². The third kappa shape index (κ3) is 2.25. The first-order valence-corrected chi connectivity index (χ1v) is 9.46. The van der Waals surface area contributed by atoms with Gasteiger partial charge in [-0.1, -0.05) is 18.2 Å². The van der Waals surface area contributed by atoms with Crippen LogP contribution in [-0.2, 0) is 0 Å². The SMILES string of the molecule is Cc1cc2c(cc1N1c3c(ccc(C#N)c3C#N)N(C)[C@@H]1C)oc1ccccc12. The predicted octanol–water partition coefficient (Wildman–Crippen LogP) is 5.57. The van der Waals surface area contributed by atoms with Crippen LogP contribution in [0.2, 0.25) is 0 Å². The number of anilines is 3. The molecule has 1 atom stereocenters. The number of fused-ring (bicyclic) bond motifs is 4. The van der Waals surface area contributed by atoms with Gasteiger partial charge in [-0.3, -0.25) is 0 Å². The van der Waals surface area contributed by atoms with E-state index in [1.54, 1.807) is 6.07 Å². The summed E-state index contributed by atoms with van der Waals surface area (Å²) < 4.78 is 6.10. The highest BCUT2D eigenvalue weighted by Gasteiger charge is 2.36. The molecule has 0 fully saturated rings. The van der Waals surface area contributed by atoms with E-state index in [0.29, 0.717) is 11.1 Å². The molecule has 4 aromatic rings. The fourth-order valence-electron chi connectivity index (χ4n) is 4.33. The summed E-state index contributed by atoms with van der Waals surface area (Å²) in [5.74, 6) is 0. The Balaban J connectivity index is 1.80. The van der Waals surface area contributed by atoms with Crippen molar-refractivity contribution in [1.29, 1.82) is 10.5 Å². The van der Waals surface area contributed by atoms with Crippen LogP contribution in [0.25, 0.3) is 21.9 Å². The van der Waals surface area contributed by atoms with Crippen LogP contribution in [0.1, 0.15) is 23.6 Å². The second kappa shape index (κ2) is 6.02. The second-order valence-corrected chi connectivity index (χ2v) is 7.43. The molecule has 140 valence electrons. The predicted molar refractivity (Wildman–Crippen MR) is 114 cm³/mol. The van der Waals surface area contributed by atoms with Gasteiger partial charge in [-0.15, -0.1) is 0 Å². The number of hydrogen-bond donors (Lipinski definition) is 0. The molecule has 1 aliphatic heterocycles. The summed E-state index contributed by atoms with van der Waals surface area (Å²) in [7, 11) is 2.01. The molecular weight excluding hydrogens is 360 g/mol. The smallest absolute Gasteiger partial charge is 0.137 e. The molecule has 2 heterocycles. The largest absolute Gasteiger partial charge is 0.456 e. The number of para-hydroxylation sites is 1. The topological polar surface area (TPSA) is 67.2 Å². The monoisotopic (exact) mass is 378 g/mol. The van der Waals surface area contributed by atoms with Gasteiger partial charge < -0.3 is 14.2 Å². The molecule has 0 spiro atoms. The highest BCUT2D eigenvalue weighted by molar-refractivity contribution is 6.06. The molecule has 5 nitrogen and oxygen atoms in total. The van der Waals surface area contributed by atoms with Crippen molar-refractivity contribution in [2.24, 2.45) is 0 Å². The molecule has 5 heteroatoms. The zero-order valence-electron chi connectivity index (χ0n) is 16.4. The Labute approximate surface area is 168 Å². The lowest BCUT2D eigenvalue weighted by molar-refractivity contribution is 0.668. The Morgan fingerprint density at radius 2 is 1.72 bits per heavy atom. The summed E-state index contributed by atoms with van der Waals surface area (Å²) in [4.78, 5) is 4.26. The lowest BCUT2D eigenvalue weighted by Crippen LogP contribution is -2.36. The van der Waals surface area contributed by atoms with E-state index in [4.69, 9.17) is 4.42 Å². The lowest BCUT2D eigenvalue weighted by Gasteiger charge is -2.29. The van der Waals surface area contributed by atoms with Crippen molar-refractivity contribution in [2.75, 3.05) is 16.8 Å². The molecule has 0 saturated heterocycles. The molecular formula is C24H18N4O. The number of hydrogen-bond acceptors (Lipinski definition) is 5. The van der Waals surface area contributed by atoms with Crippen molar-refractivity contribution in [3.8, 4) is 12.1 Å². The maximum atomic E-state index is 9.82. The van der Waals surface area contributed by atoms with Gasteiger partial charge in [0, 0.05) is 29.6 Å². The molecule has 0 bridgehead atoms. The van der Waals surface area contributed by atoms with E-state index in [9.17, 15) is 10.5 Å². The molecule has 1 aromatic heterocycles. The number of nitriles is 2. The molecule has 0 amide bonds. The van der Waals surface area contributed by atoms with Crippen molar-refractivity contribution >= 4 is 39.0 Å². The Morgan fingerprint density at radius 3 is 2.48 bits per heavy atom. The Kier molecular flexibility index (Phi) is 3.56. The van der Waals surface area contributed by atoms with E-state index in [2.05, 4.69) is 47.9 Å². The average Bonchev–Trinajstić information content (AvgIpc) is 3.21. The van der Waals surface area contributed by atoms with Crippen LogP contribution >= 0.6 is 0 Å². The Bertz CT molecular complexity index is 1390. The fourth-order valence-corrected chi connectivity index (χ4v) is 4.33. The number of benzene rings is 3. The summed E-state index contributed by atoms with van der Waals surface area (Å²) >= 11 is 0. The normalized spacial score (nSPS) is 15.6. The van der Waals surface area contributed by atoms with Crippen molar-refractivity contribution < 1.29 is 4.42 Å². The third-order valence-electron chi connectivity index (χ3n) is 5.90. The van der Waals surface area contributed by atoms with Crippen LogP contribution in [0, 0.1) is 29.6 Å². The molecule has 3 aromatic carbocycles. The third-order valence-corrected chi connectivity index (χ3v) is 5.90. The molecule has 0 unspecified atom stereocenters. The number of furan rings is 1. The average molecular weight is 378 g/mol. The molecule has 0 radical (unpaired) electrons. The van der Waals surface area contributed by atoms with E-state index in [1.807, 2.05) is 37.4 Å². The van der Waals surface area contributed by atoms with E-state index >= 15 is 0 Å². The van der Waals surface area contributed by atoms with Gasteiger partial charge in [-0.25, -0.2) is 0 Å². The number of aryl methyl sites for hydroxylation is 1. The van der Waals surface area contributed by atoms with Crippen LogP contribution in [-0.4, -0.2) is 13.2 Å². The van der Waals surface area contributed by atoms with Gasteiger partial charge in [0.15, 0.2) is 0 Å². The number of nitrogens with zero attached hydrogens (tertiary/aromatic N) is 4. The van der Waals surface area contributed by atoms with Gasteiger partial charge >= 0.3 is 0 Å². The lowest BCUT2D eigenvalue weighted by atomic mass is 10.0. The fraction of sp³-hybridized carbons (Fsp3) is 0.167. The van der Waals surface area contributed by atoms with Crippen molar-refractivity contribution in [3.05, 3.63) is 65.2 Å². The number of rotatable bonds is 1. The van der Waals surface area contributed by atoms with Crippen molar-refractivity contribution in [2.45, 2.75) is 20.0 Å². The molecule has 0 aliphatic carbocycles. The van der Waals surface area contributed by atoms with Crippen molar-refractivity contribution in [1.82, 2.24) is 0 Å². The summed E-state index contributed by atoms with van der Waals surface area (Å²) in [6.07, 6.45) is -0.00780. The van der Waals surface area contributed by atoms with E-state index in [1.165, 1.54) is 0 Å². The minimum absolute atomic E-state index is 0.00780. The van der Waals surface area contributed by atoms with Gasteiger partial charge in [0.05, 0.1) is 22.5 Å². The standard InChI is InChI=1S/C24H18N4O/c1-14-10-18-17-6-4-5-7-22(17)29-23(18)11-21(14)28-15(2)27(3)20-9-8-16(12-25)19(13-26)24(20)28/h4-11,15H,1-3H3/t15-/m0/s1. The molecule has 5 rings (SSSR count). The van der Waals surface area contributed by atoms with Gasteiger partial charge in [-0.2, -0.15) is 10.5 Å². The maximum absolute atomic E-state index is 9.82. The highest BCUT2D eigenvalue weighted by Crippen LogP contribution is 2.48. The minimum atomic E-state index is -0.00780. The van der Waals surface area contributed by atoms with Gasteiger partial charge in [0.2, 0.25) is 0 Å². The Hall–Kier alpha value is -3.96. The van der Waals surface area contributed by atoms with E-state index in [0.717, 1.165) is 44.6 Å². The first-order chi connectivity index (χ1) is 14.0. The van der Waals surface area contributed by atoms with E-state index in [-0.39, 0.29) is 6.17 Å². The van der Waals surface area contributed by atoms with Gasteiger partial charge in [0.1, 0.15) is 29.5 Å². The minimum Gasteiger partial charge on any atom is -0.456 e. The molecule has 1 aliphatic rings. The highest BCUT2D eigenvalue weighted by atomic mass is 16.3. The van der Waals surface area contributed by atoms with Gasteiger partial charge in [-0.05, 0) is 43.7 Å². The van der Waals surface area contributed by atoms with Crippen LogP contribution < -0.4 is 9.80 Å². The first-order valence-electron chi connectivity index (χ1n) is 9.46. The summed E-state index contributed by atoms with van der Waals surface area (Å²) in [5, 5.41) is 21.5. The van der Waals surface area contributed by atoms with Crippen LogP contribution in [0.4, 0.5) is 17.1 Å². The Morgan fingerprint density at radius 1 is 0.931 bits per heavy atom. The summed E-state index contributed by atoms with van der Waals surface area (Å²) in [5.41, 5.74) is 6.24. The summed E-state index contributed by atoms with van der Waals surface area (Å²) in [6, 6.07) is 20.2. The molecule has 29 heavy (non-hydrogen) atoms. The first kappa shape index (κ1) is 17.2. The van der Waals surface area contributed by atoms with E-state index < -0.39 is 0 Å². The molecule has 0 saturated carbocycles. The van der Waals surface area contributed by atoms with Crippen LogP contribution in [0.3, 0.4) is 0 Å². The zero-order valence-corrected chi connectivity index (χ0v) is 16.4. The maximum Gasteiger partial charge on any atom is 0.137 e. The van der Waals surface area contributed by atoms with Crippen LogP contribution in [0.15, 0.2) is 52.9 Å².